The fourth-order valence-electron chi connectivity index (χ4n) is 2.95. The highest BCUT2D eigenvalue weighted by atomic mass is 35.5. The number of hydrogen-bond donors (Lipinski definition) is 1. The van der Waals surface area contributed by atoms with Crippen LogP contribution in [0.2, 0.25) is 5.02 Å². The topological polar surface area (TPSA) is 66.5 Å². The molecule has 0 aliphatic carbocycles. The zero-order valence-electron chi connectivity index (χ0n) is 14.1. The summed E-state index contributed by atoms with van der Waals surface area (Å²) in [7, 11) is -3.70. The Labute approximate surface area is 156 Å². The molecule has 1 heterocycles. The van der Waals surface area contributed by atoms with Gasteiger partial charge in [-0.1, -0.05) is 23.7 Å². The first kappa shape index (κ1) is 18.8. The Morgan fingerprint density at radius 2 is 2.04 bits per heavy atom. The van der Waals surface area contributed by atoms with E-state index in [1.165, 1.54) is 17.0 Å². The lowest BCUT2D eigenvalue weighted by Gasteiger charge is -2.18. The van der Waals surface area contributed by atoms with E-state index in [1.54, 1.807) is 37.3 Å². The molecule has 0 aromatic heterocycles. The van der Waals surface area contributed by atoms with Crippen LogP contribution in [-0.2, 0) is 20.6 Å². The monoisotopic (exact) mass is 396 g/mol. The molecular weight excluding hydrogens is 379 g/mol. The molecule has 1 fully saturated rings. The maximum atomic E-state index is 13.4. The van der Waals surface area contributed by atoms with Crippen LogP contribution in [0.1, 0.15) is 17.5 Å². The van der Waals surface area contributed by atoms with Crippen molar-refractivity contribution in [1.29, 1.82) is 0 Å². The second-order valence-corrected chi connectivity index (χ2v) is 8.46. The van der Waals surface area contributed by atoms with Gasteiger partial charge in [0.25, 0.3) is 0 Å². The predicted molar refractivity (Wildman–Crippen MR) is 99.1 cm³/mol. The first-order valence-electron chi connectivity index (χ1n) is 8.07. The van der Waals surface area contributed by atoms with Gasteiger partial charge in [-0.3, -0.25) is 4.79 Å². The van der Waals surface area contributed by atoms with E-state index in [-0.39, 0.29) is 17.5 Å². The molecule has 1 N–H and O–H groups in total. The van der Waals surface area contributed by atoms with E-state index < -0.39 is 16.1 Å². The Hall–Kier alpha value is -1.96. The second-order valence-electron chi connectivity index (χ2n) is 6.27. The molecule has 5 nitrogen and oxygen atoms in total. The molecule has 0 saturated carbocycles. The minimum absolute atomic E-state index is 0.257. The highest BCUT2D eigenvalue weighted by Gasteiger charge is 2.35. The molecule has 0 spiro atoms. The number of nitrogens with one attached hydrogen (secondary N) is 1. The molecular formula is C18H18ClFN2O3S. The van der Waals surface area contributed by atoms with Crippen molar-refractivity contribution in [2.75, 3.05) is 11.4 Å². The van der Waals surface area contributed by atoms with Gasteiger partial charge in [-0.2, -0.15) is 0 Å². The van der Waals surface area contributed by atoms with Crippen LogP contribution in [0.15, 0.2) is 42.5 Å². The summed E-state index contributed by atoms with van der Waals surface area (Å²) in [6, 6.07) is 10.1. The number of carbonyl (C=O) groups excluding carboxylic acids is 1. The summed E-state index contributed by atoms with van der Waals surface area (Å²) in [6.45, 7) is 1.98. The minimum Gasteiger partial charge on any atom is -0.311 e. The highest BCUT2D eigenvalue weighted by Crippen LogP contribution is 2.24. The van der Waals surface area contributed by atoms with E-state index in [0.29, 0.717) is 34.8 Å². The van der Waals surface area contributed by atoms with Crippen LogP contribution in [0, 0.1) is 12.7 Å². The summed E-state index contributed by atoms with van der Waals surface area (Å²) in [5, 5.41) is 0.451. The summed E-state index contributed by atoms with van der Waals surface area (Å²) in [6.07, 6.45) is 0.351. The number of anilines is 1. The Kier molecular flexibility index (Phi) is 5.32. The number of nitrogens with zero attached hydrogens (tertiary/aromatic N) is 1. The Bertz CT molecular complexity index is 949. The van der Waals surface area contributed by atoms with E-state index >= 15 is 0 Å². The van der Waals surface area contributed by atoms with Crippen molar-refractivity contribution in [1.82, 2.24) is 4.72 Å². The van der Waals surface area contributed by atoms with E-state index in [0.717, 1.165) is 0 Å². The van der Waals surface area contributed by atoms with Crippen molar-refractivity contribution in [3.63, 3.8) is 0 Å². The van der Waals surface area contributed by atoms with Crippen LogP contribution in [0.25, 0.3) is 0 Å². The van der Waals surface area contributed by atoms with Gasteiger partial charge in [0.05, 0.1) is 5.75 Å². The fourth-order valence-corrected chi connectivity index (χ4v) is 4.51. The zero-order chi connectivity index (χ0) is 18.9. The first-order chi connectivity index (χ1) is 12.2. The average molecular weight is 397 g/mol. The number of benzene rings is 2. The van der Waals surface area contributed by atoms with E-state index in [4.69, 9.17) is 11.6 Å². The quantitative estimate of drug-likeness (QED) is 0.844. The normalized spacial score (nSPS) is 17.7. The number of halogens is 2. The molecule has 0 radical (unpaired) electrons. The van der Waals surface area contributed by atoms with Crippen molar-refractivity contribution in [3.05, 3.63) is 64.4 Å². The fraction of sp³-hybridized carbons (Fsp3) is 0.278. The van der Waals surface area contributed by atoms with Crippen LogP contribution >= 0.6 is 11.6 Å². The SMILES string of the molecule is Cc1cc(N2CC[C@@H](NS(=O)(=O)Cc3cccc(Cl)c3)C2=O)ccc1F. The van der Waals surface area contributed by atoms with Gasteiger partial charge in [0.1, 0.15) is 11.9 Å². The van der Waals surface area contributed by atoms with Gasteiger partial charge in [0.15, 0.2) is 0 Å². The summed E-state index contributed by atoms with van der Waals surface area (Å²) in [4.78, 5) is 14.0. The maximum Gasteiger partial charge on any atom is 0.245 e. The van der Waals surface area contributed by atoms with Crippen LogP contribution in [0.5, 0.6) is 0 Å². The third kappa shape index (κ3) is 4.23. The Balaban J connectivity index is 1.70. The molecule has 8 heteroatoms. The van der Waals surface area contributed by atoms with E-state index in [1.807, 2.05) is 0 Å². The molecule has 0 unspecified atom stereocenters. The van der Waals surface area contributed by atoms with Crippen LogP contribution in [0.3, 0.4) is 0 Å². The van der Waals surface area contributed by atoms with Gasteiger partial charge in [-0.05, 0) is 54.8 Å². The van der Waals surface area contributed by atoms with Gasteiger partial charge in [-0.15, -0.1) is 0 Å². The Morgan fingerprint density at radius 1 is 1.27 bits per heavy atom. The van der Waals surface area contributed by atoms with E-state index in [2.05, 4.69) is 4.72 Å². The van der Waals surface area contributed by atoms with Gasteiger partial charge in [0.2, 0.25) is 15.9 Å². The van der Waals surface area contributed by atoms with Crippen LogP contribution in [0.4, 0.5) is 10.1 Å². The summed E-state index contributed by atoms with van der Waals surface area (Å²) in [5.41, 5.74) is 1.53. The minimum atomic E-state index is -3.70. The summed E-state index contributed by atoms with van der Waals surface area (Å²) in [5.74, 6) is -0.947. The van der Waals surface area contributed by atoms with Crippen molar-refractivity contribution >= 4 is 33.2 Å². The number of amides is 1. The maximum absolute atomic E-state index is 13.4. The molecule has 1 aliphatic heterocycles. The van der Waals surface area contributed by atoms with Crippen LogP contribution in [-0.4, -0.2) is 26.9 Å². The zero-order valence-corrected chi connectivity index (χ0v) is 15.6. The first-order valence-corrected chi connectivity index (χ1v) is 10.1. The number of carbonyl (C=O) groups is 1. The Morgan fingerprint density at radius 3 is 2.73 bits per heavy atom. The van der Waals surface area contributed by atoms with Gasteiger partial charge in [-0.25, -0.2) is 17.5 Å². The lowest BCUT2D eigenvalue weighted by molar-refractivity contribution is -0.118. The lowest BCUT2D eigenvalue weighted by atomic mass is 10.2. The molecule has 1 atom stereocenters. The summed E-state index contributed by atoms with van der Waals surface area (Å²) >= 11 is 5.88. The third-order valence-electron chi connectivity index (χ3n) is 4.23. The molecule has 26 heavy (non-hydrogen) atoms. The summed E-state index contributed by atoms with van der Waals surface area (Å²) < 4.78 is 40.6. The van der Waals surface area contributed by atoms with E-state index in [9.17, 15) is 17.6 Å². The molecule has 138 valence electrons. The number of aryl methyl sites for hydroxylation is 1. The average Bonchev–Trinajstić information content (AvgIpc) is 2.90. The number of hydrogen-bond acceptors (Lipinski definition) is 3. The lowest BCUT2D eigenvalue weighted by Crippen LogP contribution is -2.42. The molecule has 1 saturated heterocycles. The van der Waals surface area contributed by atoms with Gasteiger partial charge < -0.3 is 4.90 Å². The van der Waals surface area contributed by atoms with Crippen molar-refractivity contribution in [3.8, 4) is 0 Å². The highest BCUT2D eigenvalue weighted by molar-refractivity contribution is 7.88. The predicted octanol–water partition coefficient (Wildman–Crippen LogP) is 3.01. The van der Waals surface area contributed by atoms with Gasteiger partial charge >= 0.3 is 0 Å². The van der Waals surface area contributed by atoms with Crippen molar-refractivity contribution < 1.29 is 17.6 Å². The number of sulfonamides is 1. The third-order valence-corrected chi connectivity index (χ3v) is 5.82. The second kappa shape index (κ2) is 7.34. The molecule has 2 aromatic rings. The van der Waals surface area contributed by atoms with Crippen molar-refractivity contribution in [2.24, 2.45) is 0 Å². The van der Waals surface area contributed by atoms with Gasteiger partial charge in [0, 0.05) is 17.3 Å². The van der Waals surface area contributed by atoms with Crippen LogP contribution < -0.4 is 9.62 Å². The molecule has 1 aliphatic rings. The van der Waals surface area contributed by atoms with Crippen molar-refractivity contribution in [2.45, 2.75) is 25.1 Å². The number of rotatable bonds is 5. The molecule has 3 rings (SSSR count). The smallest absolute Gasteiger partial charge is 0.245 e. The largest absolute Gasteiger partial charge is 0.311 e. The standard InChI is InChI=1S/C18H18ClFN2O3S/c1-12-9-15(5-6-16(12)20)22-8-7-17(18(22)23)21-26(24,25)11-13-3-2-4-14(19)10-13/h2-6,9-10,17,21H,7-8,11H2,1H3/t17-/m1/s1. The molecule has 0 bridgehead atoms. The molecule has 2 aromatic carbocycles. The molecule has 1 amide bonds.